The van der Waals surface area contributed by atoms with E-state index in [1.807, 2.05) is 0 Å². The molecule has 0 aromatic heterocycles. The van der Waals surface area contributed by atoms with Gasteiger partial charge in [0.15, 0.2) is 0 Å². The van der Waals surface area contributed by atoms with E-state index in [4.69, 9.17) is 4.74 Å². The van der Waals surface area contributed by atoms with Crippen LogP contribution in [0.1, 0.15) is 38.5 Å². The Labute approximate surface area is 113 Å². The molecule has 2 amide bonds. The third-order valence-corrected chi connectivity index (χ3v) is 4.77. The minimum atomic E-state index is -0.457. The fraction of sp³-hybridized carbons (Fsp3) is 0.857. The van der Waals surface area contributed by atoms with Gasteiger partial charge in [-0.1, -0.05) is 6.42 Å². The molecule has 0 radical (unpaired) electrons. The molecule has 2 saturated heterocycles. The van der Waals surface area contributed by atoms with Crippen molar-refractivity contribution in [3.8, 4) is 0 Å². The Balaban J connectivity index is 1.49. The number of hydrogen-bond donors (Lipinski definition) is 0. The van der Waals surface area contributed by atoms with Gasteiger partial charge in [0.05, 0.1) is 0 Å². The van der Waals surface area contributed by atoms with Crippen LogP contribution in [0.15, 0.2) is 0 Å². The Morgan fingerprint density at radius 1 is 0.789 bits per heavy atom. The molecule has 3 rings (SSSR count). The van der Waals surface area contributed by atoms with Gasteiger partial charge in [-0.2, -0.15) is 0 Å². The number of piperidine rings is 1. The van der Waals surface area contributed by atoms with E-state index in [-0.39, 0.29) is 0 Å². The van der Waals surface area contributed by atoms with Gasteiger partial charge < -0.3 is 14.5 Å². The Morgan fingerprint density at radius 2 is 1.37 bits per heavy atom. The van der Waals surface area contributed by atoms with Crippen LogP contribution in [0.25, 0.3) is 0 Å². The second kappa shape index (κ2) is 5.39. The van der Waals surface area contributed by atoms with Crippen LogP contribution < -0.4 is 0 Å². The van der Waals surface area contributed by atoms with E-state index in [0.717, 1.165) is 45.4 Å². The van der Waals surface area contributed by atoms with Crippen LogP contribution in [0.5, 0.6) is 0 Å². The third kappa shape index (κ3) is 2.69. The largest absolute Gasteiger partial charge is 0.418 e. The van der Waals surface area contributed by atoms with Gasteiger partial charge >= 0.3 is 12.2 Å². The number of rotatable bonds is 0. The minimum absolute atomic E-state index is 0.440. The Hall–Kier alpha value is -1.26. The number of hydrogen-bond acceptors (Lipinski definition) is 3. The van der Waals surface area contributed by atoms with Gasteiger partial charge in [-0.3, -0.25) is 0 Å². The van der Waals surface area contributed by atoms with Crippen LogP contribution >= 0.6 is 0 Å². The van der Waals surface area contributed by atoms with Crippen molar-refractivity contribution in [1.29, 1.82) is 0 Å². The molecule has 5 nitrogen and oxygen atoms in total. The highest BCUT2D eigenvalue weighted by atomic mass is 16.6. The summed E-state index contributed by atoms with van der Waals surface area (Å²) in [5.41, 5.74) is 0. The molecule has 0 aromatic rings. The molecule has 0 bridgehead atoms. The molecule has 3 fully saturated rings. The summed E-state index contributed by atoms with van der Waals surface area (Å²) in [6, 6.07) is 0. The van der Waals surface area contributed by atoms with Crippen molar-refractivity contribution in [1.82, 2.24) is 9.80 Å². The minimum Gasteiger partial charge on any atom is -0.359 e. The van der Waals surface area contributed by atoms with Crippen molar-refractivity contribution in [2.45, 2.75) is 38.5 Å². The molecule has 2 unspecified atom stereocenters. The van der Waals surface area contributed by atoms with Crippen LogP contribution in [0.4, 0.5) is 9.59 Å². The summed E-state index contributed by atoms with van der Waals surface area (Å²) in [4.78, 5) is 27.2. The Kier molecular flexibility index (Phi) is 3.62. The molecule has 0 spiro atoms. The fourth-order valence-corrected chi connectivity index (χ4v) is 3.66. The van der Waals surface area contributed by atoms with E-state index < -0.39 is 12.2 Å². The lowest BCUT2D eigenvalue weighted by molar-refractivity contribution is 0.0924. The average molecular weight is 266 g/mol. The summed E-state index contributed by atoms with van der Waals surface area (Å²) < 4.78 is 5.01. The number of ether oxygens (including phenoxy) is 1. The first-order chi connectivity index (χ1) is 9.24. The standard InChI is InChI=1S/C14H22N2O3/c17-13(15-7-2-1-3-8-15)19-14(18)16-9-11-5-4-6-12(11)10-16/h11-12H,1-10H2. The van der Waals surface area contributed by atoms with E-state index >= 15 is 0 Å². The normalized spacial score (nSPS) is 30.3. The second-order valence-electron chi connectivity index (χ2n) is 6.04. The van der Waals surface area contributed by atoms with Gasteiger partial charge in [0.2, 0.25) is 0 Å². The number of fused-ring (bicyclic) bond motifs is 1. The van der Waals surface area contributed by atoms with E-state index in [0.29, 0.717) is 11.8 Å². The van der Waals surface area contributed by atoms with Gasteiger partial charge in [0, 0.05) is 26.2 Å². The first-order valence-corrected chi connectivity index (χ1v) is 7.49. The highest BCUT2D eigenvalue weighted by Gasteiger charge is 2.39. The molecule has 0 aromatic carbocycles. The van der Waals surface area contributed by atoms with Crippen LogP contribution in [0, 0.1) is 11.8 Å². The van der Waals surface area contributed by atoms with Crippen molar-refractivity contribution < 1.29 is 14.3 Å². The molecular formula is C14H22N2O3. The molecule has 3 aliphatic rings. The molecule has 0 N–H and O–H groups in total. The number of likely N-dealkylation sites (tertiary alicyclic amines) is 2. The van der Waals surface area contributed by atoms with Crippen LogP contribution in [0.2, 0.25) is 0 Å². The van der Waals surface area contributed by atoms with Crippen molar-refractivity contribution in [3.63, 3.8) is 0 Å². The first-order valence-electron chi connectivity index (χ1n) is 7.49. The third-order valence-electron chi connectivity index (χ3n) is 4.77. The Bertz CT molecular complexity index is 354. The molecule has 5 heteroatoms. The maximum Gasteiger partial charge on any atom is 0.418 e. The predicted octanol–water partition coefficient (Wildman–Crippen LogP) is 2.46. The summed E-state index contributed by atoms with van der Waals surface area (Å²) in [5, 5.41) is 0. The topological polar surface area (TPSA) is 49.9 Å². The lowest BCUT2D eigenvalue weighted by Crippen LogP contribution is -2.40. The van der Waals surface area contributed by atoms with Gasteiger partial charge in [-0.25, -0.2) is 9.59 Å². The summed E-state index contributed by atoms with van der Waals surface area (Å²) >= 11 is 0. The van der Waals surface area contributed by atoms with Gasteiger partial charge in [-0.15, -0.1) is 0 Å². The molecule has 2 heterocycles. The van der Waals surface area contributed by atoms with Crippen molar-refractivity contribution >= 4 is 12.2 Å². The van der Waals surface area contributed by atoms with Crippen molar-refractivity contribution in [3.05, 3.63) is 0 Å². The molecular weight excluding hydrogens is 244 g/mol. The molecule has 1 aliphatic carbocycles. The van der Waals surface area contributed by atoms with Crippen molar-refractivity contribution in [2.75, 3.05) is 26.2 Å². The predicted molar refractivity (Wildman–Crippen MR) is 69.7 cm³/mol. The summed E-state index contributed by atoms with van der Waals surface area (Å²) in [5.74, 6) is 1.27. The average Bonchev–Trinajstić information content (AvgIpc) is 3.00. The summed E-state index contributed by atoms with van der Waals surface area (Å²) in [6.07, 6.45) is 6.00. The monoisotopic (exact) mass is 266 g/mol. The van der Waals surface area contributed by atoms with E-state index in [1.54, 1.807) is 9.80 Å². The highest BCUT2D eigenvalue weighted by Crippen LogP contribution is 2.37. The van der Waals surface area contributed by atoms with Crippen LogP contribution in [-0.2, 0) is 4.74 Å². The number of carbonyl (C=O) groups is 2. The smallest absolute Gasteiger partial charge is 0.359 e. The molecule has 106 valence electrons. The van der Waals surface area contributed by atoms with Gasteiger partial charge in [0.25, 0.3) is 0 Å². The summed E-state index contributed by atoms with van der Waals surface area (Å²) in [7, 11) is 0. The Morgan fingerprint density at radius 3 is 2.00 bits per heavy atom. The van der Waals surface area contributed by atoms with Crippen LogP contribution in [0.3, 0.4) is 0 Å². The van der Waals surface area contributed by atoms with Gasteiger partial charge in [0.1, 0.15) is 0 Å². The molecule has 2 aliphatic heterocycles. The molecule has 2 atom stereocenters. The number of carbonyl (C=O) groups excluding carboxylic acids is 2. The second-order valence-corrected chi connectivity index (χ2v) is 6.04. The zero-order valence-corrected chi connectivity index (χ0v) is 11.3. The fourth-order valence-electron chi connectivity index (χ4n) is 3.66. The summed E-state index contributed by atoms with van der Waals surface area (Å²) in [6.45, 7) is 2.99. The highest BCUT2D eigenvalue weighted by molar-refractivity contribution is 5.83. The lowest BCUT2D eigenvalue weighted by Gasteiger charge is -2.26. The van der Waals surface area contributed by atoms with Crippen molar-refractivity contribution in [2.24, 2.45) is 11.8 Å². The SMILES string of the molecule is O=C(OC(=O)N1CC2CCCC2C1)N1CCCCC1. The molecule has 1 saturated carbocycles. The van der Waals surface area contributed by atoms with Crippen LogP contribution in [-0.4, -0.2) is 48.2 Å². The van der Waals surface area contributed by atoms with E-state index in [9.17, 15) is 9.59 Å². The quantitative estimate of drug-likeness (QED) is 0.633. The molecule has 19 heavy (non-hydrogen) atoms. The maximum atomic E-state index is 12.0. The van der Waals surface area contributed by atoms with E-state index in [1.165, 1.54) is 19.3 Å². The lowest BCUT2D eigenvalue weighted by atomic mass is 10.0. The zero-order valence-electron chi connectivity index (χ0n) is 11.3. The van der Waals surface area contributed by atoms with Gasteiger partial charge in [-0.05, 0) is 43.9 Å². The first kappa shape index (κ1) is 12.8. The number of amides is 2. The zero-order chi connectivity index (χ0) is 13.2. The maximum absolute atomic E-state index is 12.0. The van der Waals surface area contributed by atoms with E-state index in [2.05, 4.69) is 0 Å². The number of nitrogens with zero attached hydrogens (tertiary/aromatic N) is 2.